The van der Waals surface area contributed by atoms with Crippen molar-refractivity contribution in [2.24, 2.45) is 0 Å². The molecule has 9 heteroatoms. The van der Waals surface area contributed by atoms with Gasteiger partial charge in [-0.05, 0) is 86.3 Å². The number of ether oxygens (including phenoxy) is 1. The van der Waals surface area contributed by atoms with Crippen LogP contribution in [0, 0.1) is 0 Å². The molecule has 0 spiro atoms. The van der Waals surface area contributed by atoms with Gasteiger partial charge in [-0.2, -0.15) is 0 Å². The van der Waals surface area contributed by atoms with Crippen LogP contribution < -0.4 is 16.0 Å². The SMILES string of the molecule is CCOC(=O)c1c(NC(=O)C(Sc2cccc(NC(=S)Nc3ccccc3)c2)c2ccccc2)sc2c1CCCCC2. The Bertz CT molecular complexity index is 1540. The molecule has 0 saturated heterocycles. The van der Waals surface area contributed by atoms with E-state index in [2.05, 4.69) is 16.0 Å². The summed E-state index contributed by atoms with van der Waals surface area (Å²) in [6.07, 6.45) is 4.99. The molecule has 1 unspecified atom stereocenters. The van der Waals surface area contributed by atoms with Gasteiger partial charge >= 0.3 is 5.97 Å². The molecule has 1 atom stereocenters. The highest BCUT2D eigenvalue weighted by molar-refractivity contribution is 8.00. The van der Waals surface area contributed by atoms with E-state index < -0.39 is 5.25 Å². The third kappa shape index (κ3) is 7.59. The second-order valence-corrected chi connectivity index (χ2v) is 12.6. The van der Waals surface area contributed by atoms with Crippen molar-refractivity contribution in [3.63, 3.8) is 0 Å². The van der Waals surface area contributed by atoms with Gasteiger partial charge in [0.05, 0.1) is 12.2 Å². The lowest BCUT2D eigenvalue weighted by Gasteiger charge is -2.18. The largest absolute Gasteiger partial charge is 0.462 e. The van der Waals surface area contributed by atoms with Gasteiger partial charge in [-0.25, -0.2) is 4.79 Å². The number of benzene rings is 3. The molecule has 1 amide bonds. The molecule has 42 heavy (non-hydrogen) atoms. The third-order valence-electron chi connectivity index (χ3n) is 6.86. The highest BCUT2D eigenvalue weighted by Crippen LogP contribution is 2.41. The van der Waals surface area contributed by atoms with Crippen LogP contribution in [0.1, 0.15) is 57.8 Å². The maximum absolute atomic E-state index is 14.0. The van der Waals surface area contributed by atoms with Crippen molar-refractivity contribution in [2.45, 2.75) is 49.2 Å². The number of rotatable bonds is 9. The second-order valence-electron chi connectivity index (χ2n) is 9.86. The van der Waals surface area contributed by atoms with Crippen LogP contribution in [-0.2, 0) is 22.4 Å². The monoisotopic (exact) mass is 615 g/mol. The summed E-state index contributed by atoms with van der Waals surface area (Å²) in [6, 6.07) is 27.3. The van der Waals surface area contributed by atoms with Gasteiger partial charge in [0.2, 0.25) is 5.91 Å². The molecule has 4 aromatic rings. The fourth-order valence-corrected chi connectivity index (χ4v) is 7.53. The molecule has 1 aromatic heterocycles. The average Bonchev–Trinajstić information content (AvgIpc) is 3.16. The van der Waals surface area contributed by atoms with Crippen molar-refractivity contribution in [1.82, 2.24) is 0 Å². The summed E-state index contributed by atoms with van der Waals surface area (Å²) >= 11 is 8.47. The maximum Gasteiger partial charge on any atom is 0.341 e. The highest BCUT2D eigenvalue weighted by Gasteiger charge is 2.29. The Morgan fingerprint density at radius 2 is 1.57 bits per heavy atom. The van der Waals surface area contributed by atoms with Crippen molar-refractivity contribution in [2.75, 3.05) is 22.6 Å². The highest BCUT2D eigenvalue weighted by atomic mass is 32.2. The molecule has 5 rings (SSSR count). The van der Waals surface area contributed by atoms with Crippen LogP contribution in [0.4, 0.5) is 16.4 Å². The van der Waals surface area contributed by atoms with Gasteiger partial charge in [-0.15, -0.1) is 23.1 Å². The zero-order chi connectivity index (χ0) is 29.3. The van der Waals surface area contributed by atoms with E-state index in [1.165, 1.54) is 28.0 Å². The molecule has 1 heterocycles. The lowest BCUT2D eigenvalue weighted by molar-refractivity contribution is -0.115. The van der Waals surface area contributed by atoms with Gasteiger partial charge in [0.25, 0.3) is 0 Å². The maximum atomic E-state index is 14.0. The second kappa shape index (κ2) is 14.5. The van der Waals surface area contributed by atoms with E-state index in [-0.39, 0.29) is 18.5 Å². The number of thioether (sulfide) groups is 1. The normalized spacial score (nSPS) is 13.3. The predicted octanol–water partition coefficient (Wildman–Crippen LogP) is 8.47. The number of para-hydroxylation sites is 1. The Labute approximate surface area is 260 Å². The molecule has 6 nitrogen and oxygen atoms in total. The lowest BCUT2D eigenvalue weighted by Crippen LogP contribution is -2.20. The van der Waals surface area contributed by atoms with Gasteiger partial charge in [0.1, 0.15) is 10.3 Å². The first-order valence-corrected chi connectivity index (χ1v) is 16.2. The molecule has 0 fully saturated rings. The molecule has 3 N–H and O–H groups in total. The third-order valence-corrected chi connectivity index (χ3v) is 9.51. The molecule has 216 valence electrons. The van der Waals surface area contributed by atoms with Crippen molar-refractivity contribution in [3.05, 3.63) is 106 Å². The van der Waals surface area contributed by atoms with Crippen LogP contribution in [0.3, 0.4) is 0 Å². The number of esters is 1. The number of fused-ring (bicyclic) bond motifs is 1. The number of nitrogens with one attached hydrogen (secondary N) is 3. The Morgan fingerprint density at radius 1 is 0.881 bits per heavy atom. The minimum atomic E-state index is -0.548. The Kier molecular flexibility index (Phi) is 10.3. The average molecular weight is 616 g/mol. The zero-order valence-electron chi connectivity index (χ0n) is 23.4. The van der Waals surface area contributed by atoms with Gasteiger partial charge in [0, 0.05) is 21.1 Å². The molecule has 0 radical (unpaired) electrons. The lowest BCUT2D eigenvalue weighted by atomic mass is 10.1. The fraction of sp³-hybridized carbons (Fsp3) is 0.242. The minimum Gasteiger partial charge on any atom is -0.462 e. The molecule has 1 aliphatic rings. The summed E-state index contributed by atoms with van der Waals surface area (Å²) in [6.45, 7) is 2.09. The van der Waals surface area contributed by atoms with Crippen molar-refractivity contribution < 1.29 is 14.3 Å². The van der Waals surface area contributed by atoms with Crippen molar-refractivity contribution in [1.29, 1.82) is 0 Å². The summed E-state index contributed by atoms with van der Waals surface area (Å²) in [5.74, 6) is -0.553. The van der Waals surface area contributed by atoms with Crippen LogP contribution in [0.5, 0.6) is 0 Å². The van der Waals surface area contributed by atoms with Gasteiger partial charge in [-0.3, -0.25) is 4.79 Å². The molecule has 3 aromatic carbocycles. The minimum absolute atomic E-state index is 0.187. The predicted molar refractivity (Wildman–Crippen MR) is 178 cm³/mol. The number of carbonyl (C=O) groups excluding carboxylic acids is 2. The summed E-state index contributed by atoms with van der Waals surface area (Å²) in [5, 5.41) is 10.1. The number of aryl methyl sites for hydroxylation is 1. The number of amides is 1. The van der Waals surface area contributed by atoms with E-state index in [1.54, 1.807) is 6.92 Å². The molecular formula is C33H33N3O3S3. The quantitative estimate of drug-likeness (QED) is 0.0754. The number of hydrogen-bond donors (Lipinski definition) is 3. The Balaban J connectivity index is 1.38. The molecule has 1 aliphatic carbocycles. The topological polar surface area (TPSA) is 79.5 Å². The van der Waals surface area contributed by atoms with Crippen LogP contribution in [0.2, 0.25) is 0 Å². The van der Waals surface area contributed by atoms with Gasteiger partial charge in [-0.1, -0.05) is 61.0 Å². The van der Waals surface area contributed by atoms with Crippen LogP contribution in [0.25, 0.3) is 0 Å². The first-order chi connectivity index (χ1) is 20.5. The van der Waals surface area contributed by atoms with Crippen molar-refractivity contribution in [3.8, 4) is 0 Å². The van der Waals surface area contributed by atoms with E-state index in [0.29, 0.717) is 15.7 Å². The number of anilines is 3. The number of carbonyl (C=O) groups is 2. The smallest absolute Gasteiger partial charge is 0.341 e. The van der Waals surface area contributed by atoms with Crippen molar-refractivity contribution >= 4 is 68.7 Å². The number of thiophene rings is 1. The van der Waals surface area contributed by atoms with E-state index in [4.69, 9.17) is 17.0 Å². The van der Waals surface area contributed by atoms with Gasteiger partial charge < -0.3 is 20.7 Å². The van der Waals surface area contributed by atoms with Crippen LogP contribution >= 0.6 is 35.3 Å². The Hall–Kier alpha value is -3.66. The van der Waals surface area contributed by atoms with E-state index in [1.807, 2.05) is 84.9 Å². The van der Waals surface area contributed by atoms with Crippen LogP contribution in [0.15, 0.2) is 89.8 Å². The summed E-state index contributed by atoms with van der Waals surface area (Å²) in [4.78, 5) is 29.1. The number of thiocarbonyl (C=S) groups is 1. The first kappa shape index (κ1) is 29.8. The molecular weight excluding hydrogens is 583 g/mol. The fourth-order valence-electron chi connectivity index (χ4n) is 4.93. The summed E-state index contributed by atoms with van der Waals surface area (Å²) < 4.78 is 5.43. The van der Waals surface area contributed by atoms with Gasteiger partial charge in [0.15, 0.2) is 5.11 Å². The molecule has 0 aliphatic heterocycles. The zero-order valence-corrected chi connectivity index (χ0v) is 25.8. The first-order valence-electron chi connectivity index (χ1n) is 14.1. The van der Waals surface area contributed by atoms with E-state index in [0.717, 1.165) is 59.5 Å². The molecule has 0 bridgehead atoms. The van der Waals surface area contributed by atoms with E-state index >= 15 is 0 Å². The van der Waals surface area contributed by atoms with E-state index in [9.17, 15) is 9.59 Å². The summed E-state index contributed by atoms with van der Waals surface area (Å²) in [5.41, 5.74) is 4.14. The van der Waals surface area contributed by atoms with Crippen LogP contribution in [-0.4, -0.2) is 23.6 Å². The molecule has 0 saturated carbocycles. The number of hydrogen-bond acceptors (Lipinski definition) is 6. The summed E-state index contributed by atoms with van der Waals surface area (Å²) in [7, 11) is 0. The Morgan fingerprint density at radius 3 is 2.33 bits per heavy atom. The standard InChI is InChI=1S/C33H33N3O3S3/c1-2-39-32(38)28-26-19-10-5-11-20-27(26)42-31(28)36-30(37)29(22-13-6-3-7-14-22)41-25-18-12-17-24(21-25)35-33(40)34-23-15-8-4-9-16-23/h3-4,6-9,12-18,21,29H,2,5,10-11,19-20H2,1H3,(H,36,37)(H2,34,35,40).